The summed E-state index contributed by atoms with van der Waals surface area (Å²) in [5, 5.41) is -0.296. The zero-order valence-corrected chi connectivity index (χ0v) is 13.5. The molecule has 0 aromatic carbocycles. The van der Waals surface area contributed by atoms with Crippen LogP contribution in [0.25, 0.3) is 0 Å². The van der Waals surface area contributed by atoms with Gasteiger partial charge in [-0.3, -0.25) is 9.88 Å². The summed E-state index contributed by atoms with van der Waals surface area (Å²) in [5.74, 6) is 0.238. The van der Waals surface area contributed by atoms with Gasteiger partial charge in [-0.25, -0.2) is 8.42 Å². The van der Waals surface area contributed by atoms with Crippen molar-refractivity contribution in [3.05, 3.63) is 18.5 Å². The van der Waals surface area contributed by atoms with E-state index < -0.39 is 9.84 Å². The van der Waals surface area contributed by atoms with Gasteiger partial charge in [0.05, 0.1) is 28.6 Å². The van der Waals surface area contributed by atoms with Gasteiger partial charge in [-0.05, 0) is 19.9 Å². The van der Waals surface area contributed by atoms with E-state index in [2.05, 4.69) is 14.8 Å². The average molecular weight is 312 g/mol. The van der Waals surface area contributed by atoms with E-state index >= 15 is 0 Å². The SMILES string of the molecule is CC(C)S(=O)(=O)CCN1CCN(c2ccncc2N)CC1. The van der Waals surface area contributed by atoms with Gasteiger partial charge in [0.25, 0.3) is 0 Å². The summed E-state index contributed by atoms with van der Waals surface area (Å²) in [6.07, 6.45) is 3.41. The Hall–Kier alpha value is -1.34. The Morgan fingerprint density at radius 2 is 1.95 bits per heavy atom. The molecule has 0 aliphatic carbocycles. The Kier molecular flexibility index (Phi) is 5.05. The van der Waals surface area contributed by atoms with Crippen LogP contribution in [0.3, 0.4) is 0 Å². The minimum absolute atomic E-state index is 0.238. The summed E-state index contributed by atoms with van der Waals surface area (Å²) in [4.78, 5) is 8.43. The molecule has 1 saturated heterocycles. The van der Waals surface area contributed by atoms with E-state index in [1.54, 1.807) is 26.2 Å². The highest BCUT2D eigenvalue weighted by molar-refractivity contribution is 7.92. The molecule has 6 nitrogen and oxygen atoms in total. The molecule has 0 radical (unpaired) electrons. The van der Waals surface area contributed by atoms with Gasteiger partial charge in [0.2, 0.25) is 0 Å². The Morgan fingerprint density at radius 3 is 2.52 bits per heavy atom. The highest BCUT2D eigenvalue weighted by Gasteiger charge is 2.22. The number of hydrogen-bond acceptors (Lipinski definition) is 6. The lowest BCUT2D eigenvalue weighted by Gasteiger charge is -2.36. The highest BCUT2D eigenvalue weighted by atomic mass is 32.2. The van der Waals surface area contributed by atoms with Crippen molar-refractivity contribution in [2.24, 2.45) is 0 Å². The third kappa shape index (κ3) is 4.07. The molecule has 7 heteroatoms. The molecule has 0 amide bonds. The van der Waals surface area contributed by atoms with Gasteiger partial charge < -0.3 is 10.6 Å². The Labute approximate surface area is 126 Å². The summed E-state index contributed by atoms with van der Waals surface area (Å²) in [6, 6.07) is 1.92. The zero-order valence-electron chi connectivity index (χ0n) is 12.7. The quantitative estimate of drug-likeness (QED) is 0.858. The summed E-state index contributed by atoms with van der Waals surface area (Å²) in [5.41, 5.74) is 7.64. The Morgan fingerprint density at radius 1 is 1.29 bits per heavy atom. The van der Waals surface area contributed by atoms with Crippen molar-refractivity contribution >= 4 is 21.2 Å². The summed E-state index contributed by atoms with van der Waals surface area (Å²) < 4.78 is 23.7. The van der Waals surface area contributed by atoms with E-state index in [1.807, 2.05) is 6.07 Å². The molecule has 21 heavy (non-hydrogen) atoms. The van der Waals surface area contributed by atoms with E-state index in [0.717, 1.165) is 31.9 Å². The molecule has 0 unspecified atom stereocenters. The average Bonchev–Trinajstić information content (AvgIpc) is 2.46. The van der Waals surface area contributed by atoms with E-state index in [0.29, 0.717) is 12.2 Å². The lowest BCUT2D eigenvalue weighted by atomic mass is 10.2. The first kappa shape index (κ1) is 16.0. The van der Waals surface area contributed by atoms with Crippen LogP contribution in [0.2, 0.25) is 0 Å². The zero-order chi connectivity index (χ0) is 15.5. The van der Waals surface area contributed by atoms with Crippen molar-refractivity contribution in [3.63, 3.8) is 0 Å². The lowest BCUT2D eigenvalue weighted by molar-refractivity contribution is 0.272. The lowest BCUT2D eigenvalue weighted by Crippen LogP contribution is -2.48. The number of anilines is 2. The van der Waals surface area contributed by atoms with Crippen LogP contribution in [-0.2, 0) is 9.84 Å². The molecule has 0 saturated carbocycles. The third-order valence-electron chi connectivity index (χ3n) is 3.95. The second-order valence-corrected chi connectivity index (χ2v) is 8.36. The predicted molar refractivity (Wildman–Crippen MR) is 86.2 cm³/mol. The maximum Gasteiger partial charge on any atom is 0.153 e. The minimum atomic E-state index is -2.95. The molecule has 1 aliphatic rings. The largest absolute Gasteiger partial charge is 0.396 e. The van der Waals surface area contributed by atoms with E-state index in [4.69, 9.17) is 5.73 Å². The molecular weight excluding hydrogens is 288 g/mol. The van der Waals surface area contributed by atoms with Crippen LogP contribution in [0.15, 0.2) is 18.5 Å². The molecule has 1 aromatic heterocycles. The fourth-order valence-corrected chi connectivity index (χ4v) is 3.38. The van der Waals surface area contributed by atoms with Crippen molar-refractivity contribution in [2.75, 3.05) is 49.1 Å². The fourth-order valence-electron chi connectivity index (χ4n) is 2.39. The van der Waals surface area contributed by atoms with Crippen LogP contribution in [0.5, 0.6) is 0 Å². The van der Waals surface area contributed by atoms with Crippen molar-refractivity contribution in [2.45, 2.75) is 19.1 Å². The van der Waals surface area contributed by atoms with Gasteiger partial charge in [0, 0.05) is 38.9 Å². The van der Waals surface area contributed by atoms with Gasteiger partial charge in [-0.15, -0.1) is 0 Å². The Bertz CT molecular complexity index is 566. The minimum Gasteiger partial charge on any atom is -0.396 e. The predicted octanol–water partition coefficient (Wildman–Crippen LogP) is 0.609. The number of nitrogens with zero attached hydrogens (tertiary/aromatic N) is 3. The van der Waals surface area contributed by atoms with E-state index in [-0.39, 0.29) is 11.0 Å². The van der Waals surface area contributed by atoms with Crippen molar-refractivity contribution in [1.82, 2.24) is 9.88 Å². The number of pyridine rings is 1. The second-order valence-electron chi connectivity index (χ2n) is 5.68. The number of sulfone groups is 1. The second kappa shape index (κ2) is 6.62. The van der Waals surface area contributed by atoms with Gasteiger partial charge in [-0.1, -0.05) is 0 Å². The maximum absolute atomic E-state index is 11.8. The standard InChI is InChI=1S/C14H24N4O2S/c1-12(2)21(19,20)10-9-17-5-7-18(8-6-17)14-3-4-16-11-13(14)15/h3-4,11-12H,5-10,15H2,1-2H3. The molecule has 1 aliphatic heterocycles. The van der Waals surface area contributed by atoms with Crippen molar-refractivity contribution in [1.29, 1.82) is 0 Å². The van der Waals surface area contributed by atoms with E-state index in [1.165, 1.54) is 0 Å². The van der Waals surface area contributed by atoms with Gasteiger partial charge in [0.1, 0.15) is 0 Å². The first-order chi connectivity index (χ1) is 9.90. The number of hydrogen-bond donors (Lipinski definition) is 1. The van der Waals surface area contributed by atoms with Gasteiger partial charge >= 0.3 is 0 Å². The topological polar surface area (TPSA) is 79.5 Å². The molecule has 0 bridgehead atoms. The van der Waals surface area contributed by atoms with Crippen molar-refractivity contribution < 1.29 is 8.42 Å². The van der Waals surface area contributed by atoms with Crippen LogP contribution in [0.1, 0.15) is 13.8 Å². The number of nitrogen functional groups attached to an aromatic ring is 1. The van der Waals surface area contributed by atoms with Crippen LogP contribution >= 0.6 is 0 Å². The maximum atomic E-state index is 11.8. The van der Waals surface area contributed by atoms with E-state index in [9.17, 15) is 8.42 Å². The number of rotatable bonds is 5. The summed E-state index contributed by atoms with van der Waals surface area (Å²) >= 11 is 0. The normalized spacial score (nSPS) is 17.4. The molecule has 1 fully saturated rings. The first-order valence-electron chi connectivity index (χ1n) is 7.28. The number of nitrogens with two attached hydrogens (primary N) is 1. The van der Waals surface area contributed by atoms with Gasteiger partial charge in [-0.2, -0.15) is 0 Å². The monoisotopic (exact) mass is 312 g/mol. The Balaban J connectivity index is 1.85. The molecular formula is C14H24N4O2S. The summed E-state index contributed by atoms with van der Waals surface area (Å²) in [6.45, 7) is 7.51. The number of piperazine rings is 1. The first-order valence-corrected chi connectivity index (χ1v) is 9.00. The number of aromatic nitrogens is 1. The molecule has 1 aromatic rings. The van der Waals surface area contributed by atoms with Crippen molar-refractivity contribution in [3.8, 4) is 0 Å². The molecule has 0 spiro atoms. The molecule has 2 heterocycles. The molecule has 2 rings (SSSR count). The van der Waals surface area contributed by atoms with Crippen LogP contribution in [0.4, 0.5) is 11.4 Å². The smallest absolute Gasteiger partial charge is 0.153 e. The van der Waals surface area contributed by atoms with Gasteiger partial charge in [0.15, 0.2) is 9.84 Å². The molecule has 0 atom stereocenters. The van der Waals surface area contributed by atoms with Crippen LogP contribution < -0.4 is 10.6 Å². The fraction of sp³-hybridized carbons (Fsp3) is 0.643. The summed E-state index contributed by atoms with van der Waals surface area (Å²) in [7, 11) is -2.95. The molecule has 118 valence electrons. The highest BCUT2D eigenvalue weighted by Crippen LogP contribution is 2.22. The van der Waals surface area contributed by atoms with Crippen LogP contribution in [-0.4, -0.2) is 62.0 Å². The van der Waals surface area contributed by atoms with Crippen LogP contribution in [0, 0.1) is 0 Å². The third-order valence-corrected chi connectivity index (χ3v) is 6.14. The molecule has 2 N–H and O–H groups in total.